The molecule has 112 valence electrons. The molecule has 1 aliphatic heterocycles. The zero-order valence-electron chi connectivity index (χ0n) is 11.7. The first-order valence-electron chi connectivity index (χ1n) is 6.71. The summed E-state index contributed by atoms with van der Waals surface area (Å²) in [6, 6.07) is 1.53. The van der Waals surface area contributed by atoms with Gasteiger partial charge in [-0.1, -0.05) is 6.92 Å². The number of amides is 1. The van der Waals surface area contributed by atoms with Crippen LogP contribution in [0.1, 0.15) is 30.8 Å². The van der Waals surface area contributed by atoms with E-state index in [-0.39, 0.29) is 30.0 Å². The predicted molar refractivity (Wildman–Crippen MR) is 81.6 cm³/mol. The summed E-state index contributed by atoms with van der Waals surface area (Å²) >= 11 is 3.39. The maximum atomic E-state index is 12.6. The quantitative estimate of drug-likeness (QED) is 0.825. The minimum Gasteiger partial charge on any atom is -0.342 e. The lowest BCUT2D eigenvalue weighted by molar-refractivity contribution is 0.0701. The summed E-state index contributed by atoms with van der Waals surface area (Å²) in [5.74, 6) is 0.0131. The van der Waals surface area contributed by atoms with Crippen LogP contribution in [-0.4, -0.2) is 47.9 Å². The highest BCUT2D eigenvalue weighted by Gasteiger charge is 2.32. The van der Waals surface area contributed by atoms with E-state index in [2.05, 4.69) is 22.9 Å². The van der Waals surface area contributed by atoms with Gasteiger partial charge in [0.1, 0.15) is 5.69 Å². The maximum Gasteiger partial charge on any atom is 0.270 e. The fourth-order valence-electron chi connectivity index (χ4n) is 2.53. The first-order valence-corrected chi connectivity index (χ1v) is 9.32. The van der Waals surface area contributed by atoms with E-state index >= 15 is 0 Å². The molecule has 0 bridgehead atoms. The monoisotopic (exact) mass is 362 g/mol. The summed E-state index contributed by atoms with van der Waals surface area (Å²) in [6.45, 7) is 4.89. The first-order chi connectivity index (χ1) is 9.34. The highest BCUT2D eigenvalue weighted by Crippen LogP contribution is 2.20. The minimum absolute atomic E-state index is 0.0500. The van der Waals surface area contributed by atoms with Crippen LogP contribution in [0.4, 0.5) is 0 Å². The van der Waals surface area contributed by atoms with Crippen molar-refractivity contribution < 1.29 is 13.2 Å². The number of aromatic nitrogens is 1. The van der Waals surface area contributed by atoms with Crippen molar-refractivity contribution in [1.82, 2.24) is 9.47 Å². The second kappa shape index (κ2) is 5.89. The Bertz CT molecular complexity index is 609. The predicted octanol–water partition coefficient (Wildman–Crippen LogP) is 1.92. The van der Waals surface area contributed by atoms with Gasteiger partial charge in [0, 0.05) is 29.8 Å². The number of carbonyl (C=O) groups excluding carboxylic acids is 1. The molecule has 0 spiro atoms. The van der Waals surface area contributed by atoms with Gasteiger partial charge in [0.05, 0.1) is 11.5 Å². The Balaban J connectivity index is 2.23. The third-order valence-electron chi connectivity index (χ3n) is 3.48. The highest BCUT2D eigenvalue weighted by molar-refractivity contribution is 9.10. The number of carbonyl (C=O) groups is 1. The summed E-state index contributed by atoms with van der Waals surface area (Å²) in [7, 11) is -3.01. The number of sulfone groups is 1. The van der Waals surface area contributed by atoms with E-state index in [1.165, 1.54) is 0 Å². The molecule has 1 fully saturated rings. The van der Waals surface area contributed by atoms with Crippen LogP contribution in [0, 0.1) is 0 Å². The molecule has 0 radical (unpaired) electrons. The summed E-state index contributed by atoms with van der Waals surface area (Å²) in [5.41, 5.74) is 0.616. The van der Waals surface area contributed by atoms with E-state index in [1.54, 1.807) is 17.9 Å². The van der Waals surface area contributed by atoms with Crippen molar-refractivity contribution in [3.63, 3.8) is 0 Å². The molecule has 0 N–H and O–H groups in total. The molecule has 2 rings (SSSR count). The van der Waals surface area contributed by atoms with Gasteiger partial charge in [0.25, 0.3) is 5.91 Å². The fourth-order valence-corrected chi connectivity index (χ4v) is 4.55. The molecule has 0 aliphatic carbocycles. The number of rotatable bonds is 3. The highest BCUT2D eigenvalue weighted by atomic mass is 79.9. The van der Waals surface area contributed by atoms with E-state index in [1.807, 2.05) is 10.8 Å². The Labute approximate surface area is 128 Å². The topological polar surface area (TPSA) is 59.4 Å². The Morgan fingerprint density at radius 3 is 2.80 bits per heavy atom. The van der Waals surface area contributed by atoms with E-state index in [9.17, 15) is 13.2 Å². The van der Waals surface area contributed by atoms with Crippen LogP contribution < -0.4 is 0 Å². The second-order valence-corrected chi connectivity index (χ2v) is 8.34. The number of halogens is 1. The normalized spacial score (nSPS) is 21.9. The van der Waals surface area contributed by atoms with Gasteiger partial charge in [-0.3, -0.25) is 4.79 Å². The Hall–Kier alpha value is -0.820. The number of hydrogen-bond acceptors (Lipinski definition) is 3. The Morgan fingerprint density at radius 1 is 1.50 bits per heavy atom. The van der Waals surface area contributed by atoms with Gasteiger partial charge in [0.2, 0.25) is 0 Å². The lowest BCUT2D eigenvalue weighted by Crippen LogP contribution is -2.50. The molecule has 7 heteroatoms. The number of aryl methyl sites for hydroxylation is 1. The van der Waals surface area contributed by atoms with Crippen LogP contribution in [0.3, 0.4) is 0 Å². The third-order valence-corrected chi connectivity index (χ3v) is 5.71. The molecular weight excluding hydrogens is 344 g/mol. The summed E-state index contributed by atoms with van der Waals surface area (Å²) in [6.07, 6.45) is 2.83. The van der Waals surface area contributed by atoms with Crippen molar-refractivity contribution in [3.8, 4) is 0 Å². The molecule has 5 nitrogen and oxygen atoms in total. The summed E-state index contributed by atoms with van der Waals surface area (Å²) < 4.78 is 26.0. The van der Waals surface area contributed by atoms with Crippen molar-refractivity contribution in [1.29, 1.82) is 0 Å². The van der Waals surface area contributed by atoms with Gasteiger partial charge in [-0.05, 0) is 35.3 Å². The Kier molecular flexibility index (Phi) is 4.59. The first kappa shape index (κ1) is 15.6. The molecule has 1 aromatic heterocycles. The molecule has 1 saturated heterocycles. The van der Waals surface area contributed by atoms with Crippen LogP contribution in [0.5, 0.6) is 0 Å². The lowest BCUT2D eigenvalue weighted by atomic mass is 10.2. The standard InChI is InChI=1S/C13H19BrN2O3S/c1-3-4-15-8-11(14)7-12(15)13(17)16-5-6-20(18,19)9-10(16)2/h7-8,10H,3-6,9H2,1-2H3. The second-order valence-electron chi connectivity index (χ2n) is 5.20. The maximum absolute atomic E-state index is 12.6. The van der Waals surface area contributed by atoms with Crippen molar-refractivity contribution in [2.75, 3.05) is 18.1 Å². The molecule has 20 heavy (non-hydrogen) atoms. The molecule has 2 heterocycles. The molecule has 1 atom stereocenters. The zero-order valence-corrected chi connectivity index (χ0v) is 14.1. The van der Waals surface area contributed by atoms with E-state index in [0.29, 0.717) is 5.69 Å². The van der Waals surface area contributed by atoms with E-state index in [0.717, 1.165) is 17.4 Å². The molecule has 0 saturated carbocycles. The van der Waals surface area contributed by atoms with Crippen LogP contribution in [0.15, 0.2) is 16.7 Å². The molecule has 1 amide bonds. The number of hydrogen-bond donors (Lipinski definition) is 0. The largest absolute Gasteiger partial charge is 0.342 e. The van der Waals surface area contributed by atoms with Crippen molar-refractivity contribution >= 4 is 31.7 Å². The van der Waals surface area contributed by atoms with Crippen LogP contribution in [-0.2, 0) is 16.4 Å². The van der Waals surface area contributed by atoms with Gasteiger partial charge >= 0.3 is 0 Å². The average molecular weight is 363 g/mol. The smallest absolute Gasteiger partial charge is 0.270 e. The fraction of sp³-hybridized carbons (Fsp3) is 0.615. The van der Waals surface area contributed by atoms with Crippen LogP contribution >= 0.6 is 15.9 Å². The molecular formula is C13H19BrN2O3S. The van der Waals surface area contributed by atoms with E-state index in [4.69, 9.17) is 0 Å². The third kappa shape index (κ3) is 3.25. The number of nitrogens with zero attached hydrogens (tertiary/aromatic N) is 2. The minimum atomic E-state index is -3.01. The van der Waals surface area contributed by atoms with Crippen molar-refractivity contribution in [2.45, 2.75) is 32.9 Å². The summed E-state index contributed by atoms with van der Waals surface area (Å²) in [5, 5.41) is 0. The van der Waals surface area contributed by atoms with Crippen LogP contribution in [0.2, 0.25) is 0 Å². The summed E-state index contributed by atoms with van der Waals surface area (Å²) in [4.78, 5) is 14.3. The van der Waals surface area contributed by atoms with E-state index < -0.39 is 9.84 Å². The van der Waals surface area contributed by atoms with Crippen LogP contribution in [0.25, 0.3) is 0 Å². The van der Waals surface area contributed by atoms with Gasteiger partial charge in [-0.2, -0.15) is 0 Å². The lowest BCUT2D eigenvalue weighted by Gasteiger charge is -2.33. The molecule has 1 aliphatic rings. The van der Waals surface area contributed by atoms with Gasteiger partial charge in [-0.15, -0.1) is 0 Å². The molecule has 1 unspecified atom stereocenters. The van der Waals surface area contributed by atoms with Gasteiger partial charge in [-0.25, -0.2) is 8.42 Å². The SMILES string of the molecule is CCCn1cc(Br)cc1C(=O)N1CCS(=O)(=O)CC1C. The van der Waals surface area contributed by atoms with Crippen molar-refractivity contribution in [2.24, 2.45) is 0 Å². The average Bonchev–Trinajstić information content (AvgIpc) is 2.69. The molecule has 1 aromatic rings. The van der Waals surface area contributed by atoms with Gasteiger partial charge in [0.15, 0.2) is 9.84 Å². The van der Waals surface area contributed by atoms with Gasteiger partial charge < -0.3 is 9.47 Å². The molecule has 0 aromatic carbocycles. The van der Waals surface area contributed by atoms with Crippen molar-refractivity contribution in [3.05, 3.63) is 22.4 Å². The zero-order chi connectivity index (χ0) is 14.9. The Morgan fingerprint density at radius 2 is 2.20 bits per heavy atom.